The monoisotopic (exact) mass is 285 g/mol. The van der Waals surface area contributed by atoms with Crippen molar-refractivity contribution in [3.8, 4) is 11.3 Å². The molecule has 1 atom stereocenters. The van der Waals surface area contributed by atoms with E-state index in [4.69, 9.17) is 5.73 Å². The summed E-state index contributed by atoms with van der Waals surface area (Å²) in [6.45, 7) is 9.46. The summed E-state index contributed by atoms with van der Waals surface area (Å²) in [6, 6.07) is 6.57. The van der Waals surface area contributed by atoms with Crippen LogP contribution in [0.25, 0.3) is 11.3 Å². The number of rotatable bonds is 6. The first kappa shape index (κ1) is 15.8. The van der Waals surface area contributed by atoms with E-state index < -0.39 is 0 Å². The summed E-state index contributed by atoms with van der Waals surface area (Å²) in [4.78, 5) is 7.99. The number of aromatic nitrogens is 2. The number of aryl methyl sites for hydroxylation is 2. The molecule has 0 fully saturated rings. The summed E-state index contributed by atoms with van der Waals surface area (Å²) < 4.78 is 0. The lowest BCUT2D eigenvalue weighted by atomic mass is 9.94. The summed E-state index contributed by atoms with van der Waals surface area (Å²) in [5.74, 6) is 2.22. The molecule has 0 spiro atoms. The lowest BCUT2D eigenvalue weighted by Gasteiger charge is -2.15. The molecule has 0 aliphatic carbocycles. The van der Waals surface area contributed by atoms with Gasteiger partial charge in [-0.15, -0.1) is 0 Å². The number of imidazole rings is 1. The fourth-order valence-electron chi connectivity index (χ4n) is 2.95. The highest BCUT2D eigenvalue weighted by atomic mass is 14.9. The first-order valence-electron chi connectivity index (χ1n) is 7.80. The Bertz CT molecular complexity index is 564. The largest absolute Gasteiger partial charge is 0.342 e. The lowest BCUT2D eigenvalue weighted by molar-refractivity contribution is 0.409. The third-order valence-corrected chi connectivity index (χ3v) is 3.78. The molecule has 114 valence electrons. The Kier molecular flexibility index (Phi) is 5.18. The number of hydrogen-bond donors (Lipinski definition) is 2. The molecule has 1 unspecified atom stereocenters. The van der Waals surface area contributed by atoms with Gasteiger partial charge in [-0.2, -0.15) is 0 Å². The minimum absolute atomic E-state index is 0.503. The molecule has 1 heterocycles. The zero-order valence-electron chi connectivity index (χ0n) is 13.6. The number of benzene rings is 1. The topological polar surface area (TPSA) is 54.7 Å². The van der Waals surface area contributed by atoms with Crippen LogP contribution in [-0.2, 0) is 6.42 Å². The van der Waals surface area contributed by atoms with Crippen LogP contribution in [0.5, 0.6) is 0 Å². The van der Waals surface area contributed by atoms with Crippen LogP contribution in [0.3, 0.4) is 0 Å². The SMILES string of the molecule is Cc1cc(C)cc(-c2cnc(CC(CN)CC(C)C)[nH]2)c1. The van der Waals surface area contributed by atoms with Crippen LogP contribution in [0, 0.1) is 25.7 Å². The van der Waals surface area contributed by atoms with E-state index in [9.17, 15) is 0 Å². The third kappa shape index (κ3) is 4.43. The van der Waals surface area contributed by atoms with Crippen LogP contribution in [0.1, 0.15) is 37.2 Å². The summed E-state index contributed by atoms with van der Waals surface area (Å²) >= 11 is 0. The second kappa shape index (κ2) is 6.90. The maximum absolute atomic E-state index is 5.88. The first-order chi connectivity index (χ1) is 9.97. The van der Waals surface area contributed by atoms with E-state index in [1.54, 1.807) is 0 Å². The maximum Gasteiger partial charge on any atom is 0.106 e. The highest BCUT2D eigenvalue weighted by molar-refractivity contribution is 5.60. The van der Waals surface area contributed by atoms with Crippen LogP contribution < -0.4 is 5.73 Å². The van der Waals surface area contributed by atoms with Gasteiger partial charge in [-0.05, 0) is 50.8 Å². The average molecular weight is 285 g/mol. The summed E-state index contributed by atoms with van der Waals surface area (Å²) in [5.41, 5.74) is 10.7. The maximum atomic E-state index is 5.88. The first-order valence-corrected chi connectivity index (χ1v) is 7.80. The number of aromatic amines is 1. The molecular weight excluding hydrogens is 258 g/mol. The van der Waals surface area contributed by atoms with Gasteiger partial charge in [0.1, 0.15) is 5.82 Å². The lowest BCUT2D eigenvalue weighted by Crippen LogP contribution is -2.19. The van der Waals surface area contributed by atoms with Crippen LogP contribution in [-0.4, -0.2) is 16.5 Å². The Hall–Kier alpha value is -1.61. The molecule has 3 N–H and O–H groups in total. The van der Waals surface area contributed by atoms with Crippen LogP contribution in [0.2, 0.25) is 0 Å². The Morgan fingerprint density at radius 3 is 2.38 bits per heavy atom. The predicted molar refractivity (Wildman–Crippen MR) is 89.2 cm³/mol. The van der Waals surface area contributed by atoms with Crippen molar-refractivity contribution in [1.29, 1.82) is 0 Å². The highest BCUT2D eigenvalue weighted by Crippen LogP contribution is 2.22. The minimum atomic E-state index is 0.503. The molecule has 2 aromatic rings. The zero-order valence-corrected chi connectivity index (χ0v) is 13.6. The molecule has 0 amide bonds. The Labute approximate surface area is 128 Å². The quantitative estimate of drug-likeness (QED) is 0.847. The third-order valence-electron chi connectivity index (χ3n) is 3.78. The van der Waals surface area contributed by atoms with Gasteiger partial charge in [0.15, 0.2) is 0 Å². The van der Waals surface area contributed by atoms with E-state index >= 15 is 0 Å². The normalized spacial score (nSPS) is 12.9. The molecule has 0 saturated heterocycles. The van der Waals surface area contributed by atoms with Crippen molar-refractivity contribution in [2.45, 2.75) is 40.5 Å². The molecule has 0 aliphatic heterocycles. The second-order valence-corrected chi connectivity index (χ2v) is 6.56. The van der Waals surface area contributed by atoms with Gasteiger partial charge in [0, 0.05) is 12.0 Å². The molecular formula is C18H27N3. The number of nitrogens with one attached hydrogen (secondary N) is 1. The molecule has 0 aliphatic rings. The van der Waals surface area contributed by atoms with Crippen molar-refractivity contribution < 1.29 is 0 Å². The van der Waals surface area contributed by atoms with Crippen molar-refractivity contribution in [1.82, 2.24) is 9.97 Å². The summed E-state index contributed by atoms with van der Waals surface area (Å²) in [7, 11) is 0. The van der Waals surface area contributed by atoms with E-state index in [1.165, 1.54) is 16.7 Å². The van der Waals surface area contributed by atoms with E-state index in [0.29, 0.717) is 11.8 Å². The number of H-pyrrole nitrogens is 1. The zero-order chi connectivity index (χ0) is 15.4. The van der Waals surface area contributed by atoms with Crippen molar-refractivity contribution in [3.05, 3.63) is 41.3 Å². The molecule has 0 saturated carbocycles. The Morgan fingerprint density at radius 1 is 1.14 bits per heavy atom. The number of hydrogen-bond acceptors (Lipinski definition) is 2. The molecule has 21 heavy (non-hydrogen) atoms. The number of nitrogens with zero attached hydrogens (tertiary/aromatic N) is 1. The Balaban J connectivity index is 2.13. The van der Waals surface area contributed by atoms with Crippen molar-refractivity contribution >= 4 is 0 Å². The van der Waals surface area contributed by atoms with E-state index in [-0.39, 0.29) is 0 Å². The van der Waals surface area contributed by atoms with Crippen molar-refractivity contribution in [2.24, 2.45) is 17.6 Å². The fraction of sp³-hybridized carbons (Fsp3) is 0.500. The van der Waals surface area contributed by atoms with E-state index in [0.717, 1.165) is 30.9 Å². The summed E-state index contributed by atoms with van der Waals surface area (Å²) in [5, 5.41) is 0. The van der Waals surface area contributed by atoms with E-state index in [2.05, 4.69) is 55.9 Å². The van der Waals surface area contributed by atoms with Crippen LogP contribution >= 0.6 is 0 Å². The smallest absolute Gasteiger partial charge is 0.106 e. The molecule has 2 rings (SSSR count). The second-order valence-electron chi connectivity index (χ2n) is 6.56. The molecule has 3 heteroatoms. The fourth-order valence-corrected chi connectivity index (χ4v) is 2.95. The average Bonchev–Trinajstić information content (AvgIpc) is 2.84. The Morgan fingerprint density at radius 2 is 1.81 bits per heavy atom. The van der Waals surface area contributed by atoms with Gasteiger partial charge in [0.05, 0.1) is 11.9 Å². The number of nitrogens with two attached hydrogens (primary N) is 1. The van der Waals surface area contributed by atoms with Crippen molar-refractivity contribution in [2.75, 3.05) is 6.54 Å². The van der Waals surface area contributed by atoms with Gasteiger partial charge in [-0.1, -0.05) is 31.0 Å². The molecule has 1 aromatic heterocycles. The summed E-state index contributed by atoms with van der Waals surface area (Å²) in [6.07, 6.45) is 4.02. The van der Waals surface area contributed by atoms with Gasteiger partial charge in [0.25, 0.3) is 0 Å². The highest BCUT2D eigenvalue weighted by Gasteiger charge is 2.13. The molecule has 1 aromatic carbocycles. The predicted octanol–water partition coefficient (Wildman–Crippen LogP) is 3.86. The molecule has 3 nitrogen and oxygen atoms in total. The van der Waals surface area contributed by atoms with Crippen LogP contribution in [0.15, 0.2) is 24.4 Å². The van der Waals surface area contributed by atoms with E-state index in [1.807, 2.05) is 6.20 Å². The van der Waals surface area contributed by atoms with Gasteiger partial charge in [-0.3, -0.25) is 0 Å². The molecule has 0 bridgehead atoms. The molecule has 0 radical (unpaired) electrons. The van der Waals surface area contributed by atoms with Gasteiger partial charge in [-0.25, -0.2) is 4.98 Å². The van der Waals surface area contributed by atoms with Gasteiger partial charge in [0.2, 0.25) is 0 Å². The van der Waals surface area contributed by atoms with Gasteiger partial charge >= 0.3 is 0 Å². The van der Waals surface area contributed by atoms with Crippen molar-refractivity contribution in [3.63, 3.8) is 0 Å². The van der Waals surface area contributed by atoms with Crippen LogP contribution in [0.4, 0.5) is 0 Å². The minimum Gasteiger partial charge on any atom is -0.342 e. The van der Waals surface area contributed by atoms with Gasteiger partial charge < -0.3 is 10.7 Å². The standard InChI is InChI=1S/C18H27N3/c1-12(2)5-15(10-19)9-18-20-11-17(21-18)16-7-13(3)6-14(4)8-16/h6-8,11-12,15H,5,9-10,19H2,1-4H3,(H,20,21).